The number of nitrogens with zero attached hydrogens (tertiary/aromatic N) is 2. The highest BCUT2D eigenvalue weighted by atomic mass is 16.2. The van der Waals surface area contributed by atoms with Crippen LogP contribution in [0.2, 0.25) is 0 Å². The first-order valence-electron chi connectivity index (χ1n) is 3.88. The molecular formula is C8H15N2O+. The minimum atomic E-state index is 0.122. The van der Waals surface area contributed by atoms with Gasteiger partial charge < -0.3 is 0 Å². The number of amides is 1. The van der Waals surface area contributed by atoms with Gasteiger partial charge in [0.2, 0.25) is 5.91 Å². The van der Waals surface area contributed by atoms with Gasteiger partial charge in [0.15, 0.2) is 6.67 Å². The summed E-state index contributed by atoms with van der Waals surface area (Å²) >= 11 is 0. The Balaban J connectivity index is 2.62. The lowest BCUT2D eigenvalue weighted by Crippen LogP contribution is -2.41. The molecule has 1 aliphatic rings. The summed E-state index contributed by atoms with van der Waals surface area (Å²) in [7, 11) is 2.11. The molecule has 0 aromatic rings. The molecular weight excluding hydrogens is 140 g/mol. The zero-order valence-electron chi connectivity index (χ0n) is 7.37. The van der Waals surface area contributed by atoms with E-state index in [0.717, 1.165) is 17.7 Å². The lowest BCUT2D eigenvalue weighted by Gasteiger charge is -2.25. The second kappa shape index (κ2) is 2.66. The van der Waals surface area contributed by atoms with Crippen LogP contribution in [0.5, 0.6) is 0 Å². The molecule has 0 saturated carbocycles. The third-order valence-electron chi connectivity index (χ3n) is 2.21. The molecule has 1 rings (SSSR count). The lowest BCUT2D eigenvalue weighted by molar-refractivity contribution is -0.858. The molecule has 0 saturated heterocycles. The standard InChI is InChI=1S/C8H15N2O/c1-4-10(3)6-5-9(7-10)8(2)11/h5-6H,4,7H2,1-3H3/q+1. The summed E-state index contributed by atoms with van der Waals surface area (Å²) in [6, 6.07) is 0. The van der Waals surface area contributed by atoms with Crippen molar-refractivity contribution in [2.24, 2.45) is 0 Å². The molecule has 3 nitrogen and oxygen atoms in total. The van der Waals surface area contributed by atoms with Crippen molar-refractivity contribution in [2.45, 2.75) is 13.8 Å². The highest BCUT2D eigenvalue weighted by molar-refractivity contribution is 5.74. The molecule has 0 fully saturated rings. The molecule has 1 heterocycles. The maximum atomic E-state index is 10.9. The Labute approximate surface area is 67.5 Å². The van der Waals surface area contributed by atoms with Gasteiger partial charge in [-0.2, -0.15) is 0 Å². The average Bonchev–Trinajstić information content (AvgIpc) is 2.33. The van der Waals surface area contributed by atoms with E-state index < -0.39 is 0 Å². The van der Waals surface area contributed by atoms with Crippen molar-refractivity contribution in [3.05, 3.63) is 12.4 Å². The summed E-state index contributed by atoms with van der Waals surface area (Å²) in [4.78, 5) is 12.7. The molecule has 62 valence electrons. The third-order valence-corrected chi connectivity index (χ3v) is 2.21. The highest BCUT2D eigenvalue weighted by Crippen LogP contribution is 2.13. The van der Waals surface area contributed by atoms with Crippen molar-refractivity contribution in [3.8, 4) is 0 Å². The molecule has 0 bridgehead atoms. The van der Waals surface area contributed by atoms with Crippen molar-refractivity contribution < 1.29 is 9.28 Å². The predicted octanol–water partition coefficient (Wildman–Crippen LogP) is 0.744. The zero-order chi connectivity index (χ0) is 8.48. The monoisotopic (exact) mass is 155 g/mol. The fourth-order valence-corrected chi connectivity index (χ4v) is 1.09. The Kier molecular flexibility index (Phi) is 2.00. The summed E-state index contributed by atoms with van der Waals surface area (Å²) in [6.45, 7) is 5.52. The highest BCUT2D eigenvalue weighted by Gasteiger charge is 2.27. The van der Waals surface area contributed by atoms with Crippen molar-refractivity contribution in [1.29, 1.82) is 0 Å². The van der Waals surface area contributed by atoms with Gasteiger partial charge in [0, 0.05) is 6.92 Å². The fraction of sp³-hybridized carbons (Fsp3) is 0.625. The minimum Gasteiger partial charge on any atom is -0.281 e. The van der Waals surface area contributed by atoms with Crippen LogP contribution in [0.15, 0.2) is 12.4 Å². The van der Waals surface area contributed by atoms with Gasteiger partial charge >= 0.3 is 0 Å². The number of hydrogen-bond donors (Lipinski definition) is 0. The van der Waals surface area contributed by atoms with Crippen LogP contribution < -0.4 is 0 Å². The van der Waals surface area contributed by atoms with E-state index in [9.17, 15) is 4.79 Å². The Morgan fingerprint density at radius 1 is 1.73 bits per heavy atom. The number of rotatable bonds is 1. The van der Waals surface area contributed by atoms with Crippen LogP contribution in [0.3, 0.4) is 0 Å². The molecule has 0 radical (unpaired) electrons. The maximum absolute atomic E-state index is 10.9. The van der Waals surface area contributed by atoms with Gasteiger partial charge in [0.05, 0.1) is 19.8 Å². The third kappa shape index (κ3) is 1.60. The number of carbonyl (C=O) groups is 1. The van der Waals surface area contributed by atoms with Gasteiger partial charge in [-0.1, -0.05) is 0 Å². The lowest BCUT2D eigenvalue weighted by atomic mass is 10.5. The molecule has 0 spiro atoms. The molecule has 1 amide bonds. The van der Waals surface area contributed by atoms with E-state index in [1.54, 1.807) is 11.8 Å². The Bertz CT molecular complexity index is 200. The Hall–Kier alpha value is -0.830. The summed E-state index contributed by atoms with van der Waals surface area (Å²) in [5.41, 5.74) is 0. The Morgan fingerprint density at radius 2 is 2.36 bits per heavy atom. The topological polar surface area (TPSA) is 20.3 Å². The fourth-order valence-electron chi connectivity index (χ4n) is 1.09. The van der Waals surface area contributed by atoms with Crippen molar-refractivity contribution >= 4 is 5.91 Å². The molecule has 11 heavy (non-hydrogen) atoms. The molecule has 0 N–H and O–H groups in total. The van der Waals surface area contributed by atoms with E-state index in [1.807, 2.05) is 6.20 Å². The summed E-state index contributed by atoms with van der Waals surface area (Å²) in [5, 5.41) is 0. The molecule has 0 aromatic carbocycles. The van der Waals surface area contributed by atoms with Crippen LogP contribution in [-0.2, 0) is 4.79 Å². The Morgan fingerprint density at radius 3 is 2.64 bits per heavy atom. The first kappa shape index (κ1) is 8.27. The summed E-state index contributed by atoms with van der Waals surface area (Å²) < 4.78 is 0.833. The van der Waals surface area contributed by atoms with Crippen molar-refractivity contribution in [1.82, 2.24) is 4.90 Å². The first-order valence-corrected chi connectivity index (χ1v) is 3.88. The van der Waals surface area contributed by atoms with Crippen LogP contribution >= 0.6 is 0 Å². The number of quaternary nitrogens is 1. The summed E-state index contributed by atoms with van der Waals surface area (Å²) in [5.74, 6) is 0.122. The van der Waals surface area contributed by atoms with Crippen molar-refractivity contribution in [3.63, 3.8) is 0 Å². The first-order chi connectivity index (χ1) is 5.07. The van der Waals surface area contributed by atoms with Gasteiger partial charge in [-0.05, 0) is 6.92 Å². The van der Waals surface area contributed by atoms with E-state index in [0.29, 0.717) is 0 Å². The number of carbonyl (C=O) groups excluding carboxylic acids is 1. The average molecular weight is 155 g/mol. The van der Waals surface area contributed by atoms with E-state index in [-0.39, 0.29) is 5.91 Å². The van der Waals surface area contributed by atoms with Gasteiger partial charge in [-0.25, -0.2) is 0 Å². The van der Waals surface area contributed by atoms with Crippen molar-refractivity contribution in [2.75, 3.05) is 20.3 Å². The van der Waals surface area contributed by atoms with E-state index in [2.05, 4.69) is 20.2 Å². The maximum Gasteiger partial charge on any atom is 0.227 e. The number of hydrogen-bond acceptors (Lipinski definition) is 1. The molecule has 3 heteroatoms. The van der Waals surface area contributed by atoms with Gasteiger partial charge in [0.25, 0.3) is 0 Å². The SMILES string of the molecule is CC[N+]1(C)C=CN(C(C)=O)C1. The second-order valence-corrected chi connectivity index (χ2v) is 3.22. The van der Waals surface area contributed by atoms with Gasteiger partial charge in [-0.3, -0.25) is 14.2 Å². The van der Waals surface area contributed by atoms with Crippen LogP contribution in [-0.4, -0.2) is 35.6 Å². The van der Waals surface area contributed by atoms with E-state index in [1.165, 1.54) is 0 Å². The van der Waals surface area contributed by atoms with Crippen LogP contribution in [0.4, 0.5) is 0 Å². The molecule has 0 aromatic heterocycles. The van der Waals surface area contributed by atoms with Crippen LogP contribution in [0.25, 0.3) is 0 Å². The smallest absolute Gasteiger partial charge is 0.227 e. The normalized spacial score (nSPS) is 29.5. The predicted molar refractivity (Wildman–Crippen MR) is 43.3 cm³/mol. The van der Waals surface area contributed by atoms with Crippen LogP contribution in [0.1, 0.15) is 13.8 Å². The quantitative estimate of drug-likeness (QED) is 0.511. The minimum absolute atomic E-state index is 0.122. The summed E-state index contributed by atoms with van der Waals surface area (Å²) in [6.07, 6.45) is 3.92. The van der Waals surface area contributed by atoms with E-state index >= 15 is 0 Å². The molecule has 0 aliphatic carbocycles. The largest absolute Gasteiger partial charge is 0.281 e. The zero-order valence-corrected chi connectivity index (χ0v) is 7.37. The van der Waals surface area contributed by atoms with Crippen LogP contribution in [0, 0.1) is 0 Å². The molecule has 1 unspecified atom stereocenters. The molecule has 1 aliphatic heterocycles. The molecule has 1 atom stereocenters. The van der Waals surface area contributed by atoms with E-state index in [4.69, 9.17) is 0 Å². The van der Waals surface area contributed by atoms with Gasteiger partial charge in [-0.15, -0.1) is 0 Å². The van der Waals surface area contributed by atoms with Gasteiger partial charge in [0.1, 0.15) is 6.20 Å². The second-order valence-electron chi connectivity index (χ2n) is 3.22.